The van der Waals surface area contributed by atoms with Gasteiger partial charge in [-0.3, -0.25) is 9.36 Å². The molecular formula is C19H19BrN2O4. The molecule has 3 aromatic rings. The van der Waals surface area contributed by atoms with E-state index in [2.05, 4.69) is 20.9 Å². The maximum atomic E-state index is 12.5. The number of halogens is 1. The summed E-state index contributed by atoms with van der Waals surface area (Å²) in [6, 6.07) is 12.5. The molecule has 1 heterocycles. The van der Waals surface area contributed by atoms with Crippen LogP contribution in [0.15, 0.2) is 58.1 Å². The molecule has 1 N–H and O–H groups in total. The number of aliphatic hydroxyl groups is 1. The maximum Gasteiger partial charge on any atom is 0.261 e. The third-order valence-electron chi connectivity index (χ3n) is 3.77. The van der Waals surface area contributed by atoms with Crippen molar-refractivity contribution in [2.24, 2.45) is 0 Å². The Morgan fingerprint density at radius 1 is 1.15 bits per heavy atom. The molecule has 0 aliphatic rings. The van der Waals surface area contributed by atoms with Crippen molar-refractivity contribution in [1.82, 2.24) is 9.55 Å². The number of aromatic nitrogens is 2. The molecule has 1 atom stereocenters. The summed E-state index contributed by atoms with van der Waals surface area (Å²) < 4.78 is 13.1. The monoisotopic (exact) mass is 418 g/mol. The minimum Gasteiger partial charge on any atom is -0.494 e. The van der Waals surface area contributed by atoms with Crippen LogP contribution >= 0.6 is 15.9 Å². The minimum absolute atomic E-state index is 0.0664. The van der Waals surface area contributed by atoms with Gasteiger partial charge in [0.15, 0.2) is 0 Å². The Labute approximate surface area is 159 Å². The van der Waals surface area contributed by atoms with Crippen LogP contribution in [0.1, 0.15) is 6.92 Å². The van der Waals surface area contributed by atoms with Gasteiger partial charge in [0.1, 0.15) is 24.2 Å². The number of aliphatic hydroxyl groups excluding tert-OH is 1. The van der Waals surface area contributed by atoms with Crippen molar-refractivity contribution in [2.75, 3.05) is 13.2 Å². The van der Waals surface area contributed by atoms with Gasteiger partial charge in [-0.1, -0.05) is 15.9 Å². The first-order valence-corrected chi connectivity index (χ1v) is 9.04. The number of ether oxygens (including phenoxy) is 2. The topological polar surface area (TPSA) is 73.6 Å². The lowest BCUT2D eigenvalue weighted by atomic mass is 10.2. The Morgan fingerprint density at radius 2 is 1.85 bits per heavy atom. The molecule has 0 spiro atoms. The molecule has 1 aromatic heterocycles. The van der Waals surface area contributed by atoms with Crippen LogP contribution in [0.3, 0.4) is 0 Å². The van der Waals surface area contributed by atoms with E-state index in [9.17, 15) is 9.90 Å². The first-order chi connectivity index (χ1) is 12.6. The van der Waals surface area contributed by atoms with E-state index in [0.717, 1.165) is 10.2 Å². The summed E-state index contributed by atoms with van der Waals surface area (Å²) in [5, 5.41) is 10.7. The van der Waals surface area contributed by atoms with Crippen LogP contribution in [0.2, 0.25) is 0 Å². The Hall–Kier alpha value is -2.38. The number of hydrogen-bond acceptors (Lipinski definition) is 5. The molecule has 0 aliphatic carbocycles. The highest BCUT2D eigenvalue weighted by molar-refractivity contribution is 9.10. The molecule has 6 nitrogen and oxygen atoms in total. The molecule has 0 saturated heterocycles. The van der Waals surface area contributed by atoms with E-state index in [1.165, 1.54) is 10.9 Å². The number of benzene rings is 2. The Balaban J connectivity index is 1.64. The molecular weight excluding hydrogens is 400 g/mol. The summed E-state index contributed by atoms with van der Waals surface area (Å²) >= 11 is 3.35. The normalized spacial score (nSPS) is 12.1. The van der Waals surface area contributed by atoms with Crippen LogP contribution in [0.4, 0.5) is 0 Å². The third kappa shape index (κ3) is 4.42. The Morgan fingerprint density at radius 3 is 2.54 bits per heavy atom. The van der Waals surface area contributed by atoms with Crippen LogP contribution in [0.25, 0.3) is 10.9 Å². The third-order valence-corrected chi connectivity index (χ3v) is 4.26. The molecule has 7 heteroatoms. The van der Waals surface area contributed by atoms with Crippen molar-refractivity contribution in [1.29, 1.82) is 0 Å². The molecule has 26 heavy (non-hydrogen) atoms. The van der Waals surface area contributed by atoms with E-state index < -0.39 is 6.10 Å². The smallest absolute Gasteiger partial charge is 0.261 e. The van der Waals surface area contributed by atoms with Crippen molar-refractivity contribution in [2.45, 2.75) is 19.6 Å². The molecule has 0 saturated carbocycles. The molecule has 0 amide bonds. The number of fused-ring (bicyclic) bond motifs is 1. The molecule has 2 aromatic carbocycles. The average Bonchev–Trinajstić information content (AvgIpc) is 2.64. The van der Waals surface area contributed by atoms with Crippen molar-refractivity contribution in [3.63, 3.8) is 0 Å². The second-order valence-corrected chi connectivity index (χ2v) is 6.65. The molecule has 1 unspecified atom stereocenters. The summed E-state index contributed by atoms with van der Waals surface area (Å²) in [5.41, 5.74) is 0.422. The average molecular weight is 419 g/mol. The van der Waals surface area contributed by atoms with Crippen LogP contribution in [-0.2, 0) is 6.54 Å². The fourth-order valence-corrected chi connectivity index (χ4v) is 2.89. The minimum atomic E-state index is -0.842. The highest BCUT2D eigenvalue weighted by atomic mass is 79.9. The Bertz CT molecular complexity index is 940. The van der Waals surface area contributed by atoms with Gasteiger partial charge in [-0.15, -0.1) is 0 Å². The highest BCUT2D eigenvalue weighted by Gasteiger charge is 2.11. The van der Waals surface area contributed by atoms with E-state index in [1.807, 2.05) is 13.0 Å². The fourth-order valence-electron chi connectivity index (χ4n) is 2.53. The van der Waals surface area contributed by atoms with Gasteiger partial charge in [0.05, 0.1) is 30.4 Å². The molecule has 3 rings (SSSR count). The van der Waals surface area contributed by atoms with E-state index in [0.29, 0.717) is 23.3 Å². The van der Waals surface area contributed by atoms with Crippen LogP contribution < -0.4 is 15.0 Å². The van der Waals surface area contributed by atoms with E-state index >= 15 is 0 Å². The van der Waals surface area contributed by atoms with Gasteiger partial charge in [0.25, 0.3) is 5.56 Å². The highest BCUT2D eigenvalue weighted by Crippen LogP contribution is 2.18. The molecule has 0 bridgehead atoms. The SMILES string of the molecule is CCOc1ccc(OCC(O)Cn2cnc3ccc(Br)cc3c2=O)cc1. The van der Waals surface area contributed by atoms with Crippen molar-refractivity contribution >= 4 is 26.8 Å². The lowest BCUT2D eigenvalue weighted by Gasteiger charge is -2.14. The van der Waals surface area contributed by atoms with Crippen molar-refractivity contribution in [3.8, 4) is 11.5 Å². The van der Waals surface area contributed by atoms with E-state index in [4.69, 9.17) is 9.47 Å². The predicted molar refractivity (Wildman–Crippen MR) is 103 cm³/mol. The lowest BCUT2D eigenvalue weighted by Crippen LogP contribution is -2.30. The first kappa shape index (κ1) is 18.4. The van der Waals surface area contributed by atoms with Gasteiger partial charge in [-0.25, -0.2) is 4.98 Å². The van der Waals surface area contributed by atoms with Gasteiger partial charge in [-0.2, -0.15) is 0 Å². The summed E-state index contributed by atoms with van der Waals surface area (Å²) in [7, 11) is 0. The second-order valence-electron chi connectivity index (χ2n) is 5.73. The molecule has 136 valence electrons. The molecule has 0 radical (unpaired) electrons. The van der Waals surface area contributed by atoms with Crippen LogP contribution in [0, 0.1) is 0 Å². The number of hydrogen-bond donors (Lipinski definition) is 1. The summed E-state index contributed by atoms with van der Waals surface area (Å²) in [6.45, 7) is 2.69. The largest absolute Gasteiger partial charge is 0.494 e. The van der Waals surface area contributed by atoms with Crippen LogP contribution in [-0.4, -0.2) is 34.0 Å². The number of rotatable bonds is 7. The fraction of sp³-hybridized carbons (Fsp3) is 0.263. The maximum absolute atomic E-state index is 12.5. The summed E-state index contributed by atoms with van der Waals surface area (Å²) in [4.78, 5) is 16.8. The number of nitrogens with zero attached hydrogens (tertiary/aromatic N) is 2. The molecule has 0 fully saturated rings. The summed E-state index contributed by atoms with van der Waals surface area (Å²) in [5.74, 6) is 1.39. The quantitative estimate of drug-likeness (QED) is 0.638. The van der Waals surface area contributed by atoms with E-state index in [1.54, 1.807) is 36.4 Å². The van der Waals surface area contributed by atoms with Crippen LogP contribution in [0.5, 0.6) is 11.5 Å². The van der Waals surface area contributed by atoms with Gasteiger partial charge >= 0.3 is 0 Å². The standard InChI is InChI=1S/C19H19BrN2O4/c1-2-25-15-4-6-16(7-5-15)26-11-14(23)10-22-12-21-18-8-3-13(20)9-17(18)19(22)24/h3-9,12,14,23H,2,10-11H2,1H3. The van der Waals surface area contributed by atoms with Gasteiger partial charge < -0.3 is 14.6 Å². The van der Waals surface area contributed by atoms with Crippen molar-refractivity contribution in [3.05, 3.63) is 63.6 Å². The van der Waals surface area contributed by atoms with E-state index in [-0.39, 0.29) is 18.7 Å². The van der Waals surface area contributed by atoms with Gasteiger partial charge in [0, 0.05) is 4.47 Å². The molecule has 0 aliphatic heterocycles. The second kappa shape index (κ2) is 8.33. The zero-order valence-corrected chi connectivity index (χ0v) is 15.8. The lowest BCUT2D eigenvalue weighted by molar-refractivity contribution is 0.0914. The first-order valence-electron chi connectivity index (χ1n) is 8.25. The Kier molecular flexibility index (Phi) is 5.90. The zero-order valence-electron chi connectivity index (χ0n) is 14.3. The van der Waals surface area contributed by atoms with Crippen molar-refractivity contribution < 1.29 is 14.6 Å². The predicted octanol–water partition coefficient (Wildman–Crippen LogP) is 3.00. The zero-order chi connectivity index (χ0) is 18.5. The van der Waals surface area contributed by atoms with Gasteiger partial charge in [-0.05, 0) is 49.4 Å². The summed E-state index contributed by atoms with van der Waals surface area (Å²) in [6.07, 6.45) is 0.601. The van der Waals surface area contributed by atoms with Gasteiger partial charge in [0.2, 0.25) is 0 Å².